The molecule has 41 heavy (non-hydrogen) atoms. The molecule has 2 saturated heterocycles. The summed E-state index contributed by atoms with van der Waals surface area (Å²) in [5, 5.41) is 3.65. The molecule has 1 aliphatic carbocycles. The van der Waals surface area contributed by atoms with Crippen molar-refractivity contribution >= 4 is 23.6 Å². The van der Waals surface area contributed by atoms with Crippen LogP contribution in [0.15, 0.2) is 36.5 Å². The predicted octanol–water partition coefficient (Wildman–Crippen LogP) is 4.26. The van der Waals surface area contributed by atoms with Gasteiger partial charge in [0.15, 0.2) is 0 Å². The highest BCUT2D eigenvalue weighted by atomic mass is 32.2. The van der Waals surface area contributed by atoms with E-state index in [1.165, 1.54) is 16.5 Å². The number of likely N-dealkylation sites (tertiary alicyclic amines) is 1. The Hall–Kier alpha value is -2.63. The zero-order valence-corrected chi connectivity index (χ0v) is 23.7. The lowest BCUT2D eigenvalue weighted by atomic mass is 9.96. The fraction of sp³-hybridized carbons (Fsp3) is 0.567. The average Bonchev–Trinajstić information content (AvgIpc) is 3.42. The van der Waals surface area contributed by atoms with Gasteiger partial charge in [0.2, 0.25) is 5.91 Å². The van der Waals surface area contributed by atoms with Crippen molar-refractivity contribution in [2.24, 2.45) is 0 Å². The van der Waals surface area contributed by atoms with Crippen LogP contribution >= 0.6 is 11.8 Å². The van der Waals surface area contributed by atoms with E-state index in [9.17, 15) is 22.8 Å². The number of benzene rings is 1. The van der Waals surface area contributed by atoms with Crippen molar-refractivity contribution in [3.63, 3.8) is 0 Å². The van der Waals surface area contributed by atoms with Gasteiger partial charge >= 0.3 is 6.18 Å². The number of hydrogen-bond donors (Lipinski definition) is 1. The van der Waals surface area contributed by atoms with E-state index in [4.69, 9.17) is 4.74 Å². The molecule has 2 amide bonds. The van der Waals surface area contributed by atoms with Gasteiger partial charge in [0.1, 0.15) is 0 Å². The van der Waals surface area contributed by atoms with Gasteiger partial charge in [-0.3, -0.25) is 19.5 Å². The van der Waals surface area contributed by atoms with E-state index in [-0.39, 0.29) is 34.6 Å². The molecule has 0 saturated carbocycles. The molecule has 6 rings (SSSR count). The van der Waals surface area contributed by atoms with E-state index < -0.39 is 17.6 Å². The second-order valence-electron chi connectivity index (χ2n) is 11.4. The number of nitrogens with zero attached hydrogens (tertiary/aromatic N) is 3. The lowest BCUT2D eigenvalue weighted by molar-refractivity contribution is -0.137. The topological polar surface area (TPSA) is 74.8 Å². The van der Waals surface area contributed by atoms with Gasteiger partial charge in [0, 0.05) is 61.2 Å². The van der Waals surface area contributed by atoms with Crippen LogP contribution in [0, 0.1) is 0 Å². The number of fused-ring (bicyclic) bond motifs is 2. The molecule has 1 aromatic carbocycles. The third kappa shape index (κ3) is 6.27. The van der Waals surface area contributed by atoms with Crippen molar-refractivity contribution in [1.82, 2.24) is 20.1 Å². The molecule has 4 aliphatic rings. The van der Waals surface area contributed by atoms with Crippen LogP contribution in [0.2, 0.25) is 0 Å². The molecule has 2 aromatic rings. The maximum Gasteiger partial charge on any atom is 0.416 e. The molecule has 3 aliphatic heterocycles. The third-order valence-corrected chi connectivity index (χ3v) is 10.4. The Morgan fingerprint density at radius 1 is 1.10 bits per heavy atom. The summed E-state index contributed by atoms with van der Waals surface area (Å²) in [5.74, 6) is -0.807. The summed E-state index contributed by atoms with van der Waals surface area (Å²) in [6, 6.07) is 7.71. The van der Waals surface area contributed by atoms with Gasteiger partial charge in [0.25, 0.3) is 5.91 Å². The molecule has 2 fully saturated rings. The number of rotatable bonds is 6. The normalized spacial score (nSPS) is 26.9. The van der Waals surface area contributed by atoms with Crippen LogP contribution in [-0.2, 0) is 28.5 Å². The number of amides is 2. The van der Waals surface area contributed by atoms with Crippen molar-refractivity contribution in [2.45, 2.75) is 67.3 Å². The molecular weight excluding hydrogens is 553 g/mol. The number of nitrogens with one attached hydrogen (secondary N) is 1. The number of aromatic nitrogens is 1. The Morgan fingerprint density at radius 2 is 1.98 bits per heavy atom. The second-order valence-corrected chi connectivity index (χ2v) is 12.9. The Kier molecular flexibility index (Phi) is 8.29. The number of alkyl halides is 3. The van der Waals surface area contributed by atoms with Crippen molar-refractivity contribution < 1.29 is 27.5 Å². The number of aryl methyl sites for hydroxylation is 1. The number of ether oxygens (including phenoxy) is 1. The van der Waals surface area contributed by atoms with Crippen molar-refractivity contribution in [3.05, 3.63) is 64.5 Å². The fourth-order valence-corrected chi connectivity index (χ4v) is 8.26. The Bertz CT molecular complexity index is 1280. The minimum Gasteiger partial charge on any atom is -0.381 e. The summed E-state index contributed by atoms with van der Waals surface area (Å²) < 4.78 is 45.5. The maximum atomic E-state index is 13.3. The molecule has 0 radical (unpaired) electrons. The van der Waals surface area contributed by atoms with E-state index in [0.717, 1.165) is 76.2 Å². The minimum absolute atomic E-state index is 0.0299. The van der Waals surface area contributed by atoms with Crippen LogP contribution < -0.4 is 5.32 Å². The van der Waals surface area contributed by atoms with Crippen molar-refractivity contribution in [1.29, 1.82) is 0 Å². The second kappa shape index (κ2) is 11.9. The summed E-state index contributed by atoms with van der Waals surface area (Å²) in [7, 11) is 0. The molecular formula is C30H35F3N4O3S. The molecule has 4 unspecified atom stereocenters. The van der Waals surface area contributed by atoms with Gasteiger partial charge in [-0.2, -0.15) is 13.2 Å². The quantitative estimate of drug-likeness (QED) is 0.544. The number of halogens is 3. The summed E-state index contributed by atoms with van der Waals surface area (Å²) in [5.41, 5.74) is 2.19. The predicted molar refractivity (Wildman–Crippen MR) is 150 cm³/mol. The molecule has 7 nitrogen and oxygen atoms in total. The molecule has 1 aromatic heterocycles. The number of carbonyl (C=O) groups excluding carboxylic acids is 2. The monoisotopic (exact) mass is 588 g/mol. The van der Waals surface area contributed by atoms with Gasteiger partial charge in [-0.1, -0.05) is 12.1 Å². The van der Waals surface area contributed by atoms with Gasteiger partial charge in [-0.15, -0.1) is 11.8 Å². The molecule has 0 spiro atoms. The van der Waals surface area contributed by atoms with E-state index in [1.54, 1.807) is 0 Å². The molecule has 4 heterocycles. The first-order chi connectivity index (χ1) is 19.8. The molecule has 11 heteroatoms. The molecule has 0 bridgehead atoms. The van der Waals surface area contributed by atoms with Gasteiger partial charge in [-0.05, 0) is 67.9 Å². The summed E-state index contributed by atoms with van der Waals surface area (Å²) in [6.45, 7) is 3.23. The zero-order valence-electron chi connectivity index (χ0n) is 22.9. The maximum absolute atomic E-state index is 13.3. The third-order valence-electron chi connectivity index (χ3n) is 8.77. The van der Waals surface area contributed by atoms with Crippen LogP contribution in [-0.4, -0.2) is 83.3 Å². The van der Waals surface area contributed by atoms with Crippen molar-refractivity contribution in [3.8, 4) is 0 Å². The van der Waals surface area contributed by atoms with E-state index in [1.807, 2.05) is 24.0 Å². The molecule has 220 valence electrons. The Labute approximate surface area is 242 Å². The summed E-state index contributed by atoms with van der Waals surface area (Å²) >= 11 is 1.88. The summed E-state index contributed by atoms with van der Waals surface area (Å²) in [6.07, 6.45) is 2.80. The van der Waals surface area contributed by atoms with Gasteiger partial charge in [-0.25, -0.2) is 0 Å². The van der Waals surface area contributed by atoms with Gasteiger partial charge < -0.3 is 15.0 Å². The molecule has 1 N–H and O–H groups in total. The fourth-order valence-electron chi connectivity index (χ4n) is 6.62. The minimum atomic E-state index is -4.53. The Morgan fingerprint density at radius 3 is 2.83 bits per heavy atom. The first-order valence-corrected chi connectivity index (χ1v) is 15.4. The smallest absolute Gasteiger partial charge is 0.381 e. The highest BCUT2D eigenvalue weighted by Crippen LogP contribution is 2.44. The zero-order chi connectivity index (χ0) is 28.6. The number of carbonyl (C=O) groups is 2. The molecule has 4 atom stereocenters. The van der Waals surface area contributed by atoms with Crippen molar-refractivity contribution in [2.75, 3.05) is 39.4 Å². The van der Waals surface area contributed by atoms with Crippen LogP contribution in [0.25, 0.3) is 0 Å². The first-order valence-electron chi connectivity index (χ1n) is 14.5. The number of thioether (sulfide) groups is 1. The van der Waals surface area contributed by atoms with Crippen LogP contribution in [0.3, 0.4) is 0 Å². The van der Waals surface area contributed by atoms with Crippen LogP contribution in [0.4, 0.5) is 13.2 Å². The highest BCUT2D eigenvalue weighted by Gasteiger charge is 2.41. The number of hydrogen-bond acceptors (Lipinski definition) is 6. The standard InChI is InChI=1S/C30H35F3N4O3S/c31-30(32,33)21-7-5-19-9-12-36(29(39)23(19)15-21)18-27(38)35-24-16-37(22-4-2-13-40-14-10-22)17-26(24)41-25-8-6-20-3-1-11-34-28(20)25/h1,3,5,7,11,15,22,24-26H,2,4,6,8-10,12-14,16-18H2,(H,35,38). The lowest BCUT2D eigenvalue weighted by Gasteiger charge is -2.30. The summed E-state index contributed by atoms with van der Waals surface area (Å²) in [4.78, 5) is 35.0. The van der Waals surface area contributed by atoms with E-state index in [0.29, 0.717) is 24.6 Å². The van der Waals surface area contributed by atoms with Gasteiger partial charge in [0.05, 0.1) is 23.8 Å². The highest BCUT2D eigenvalue weighted by molar-refractivity contribution is 8.00. The first kappa shape index (κ1) is 28.5. The largest absolute Gasteiger partial charge is 0.416 e. The van der Waals surface area contributed by atoms with Crippen LogP contribution in [0.5, 0.6) is 0 Å². The average molecular weight is 589 g/mol. The Balaban J connectivity index is 1.14. The lowest BCUT2D eigenvalue weighted by Crippen LogP contribution is -2.49. The SMILES string of the molecule is O=C(CN1CCc2ccc(C(F)(F)F)cc2C1=O)NC1CN(C2CCCOCC2)CC1SC1CCc2cccnc21. The number of pyridine rings is 1. The van der Waals surface area contributed by atoms with Crippen LogP contribution in [0.1, 0.15) is 63.7 Å². The van der Waals surface area contributed by atoms with E-state index in [2.05, 4.69) is 21.3 Å². The van der Waals surface area contributed by atoms with E-state index >= 15 is 0 Å².